The van der Waals surface area contributed by atoms with E-state index in [4.69, 9.17) is 11.6 Å². The van der Waals surface area contributed by atoms with Crippen molar-refractivity contribution < 1.29 is 8.42 Å². The van der Waals surface area contributed by atoms with Crippen molar-refractivity contribution in [2.24, 2.45) is 0 Å². The summed E-state index contributed by atoms with van der Waals surface area (Å²) in [6.07, 6.45) is 2.34. The third-order valence-corrected chi connectivity index (χ3v) is 5.97. The van der Waals surface area contributed by atoms with Crippen LogP contribution in [0.1, 0.15) is 0 Å². The van der Waals surface area contributed by atoms with Crippen LogP contribution in [0.2, 0.25) is 5.28 Å². The normalized spacial score (nSPS) is 11.4. The van der Waals surface area contributed by atoms with Crippen LogP contribution in [0.3, 0.4) is 0 Å². The molecule has 106 valence electrons. The average molecular weight is 647 g/mol. The number of aromatic nitrogens is 2. The molecule has 0 aliphatic heterocycles. The van der Waals surface area contributed by atoms with Crippen LogP contribution in [0.25, 0.3) is 0 Å². The lowest BCUT2D eigenvalue weighted by molar-refractivity contribution is 0.600. The monoisotopic (exact) mass is 647 g/mol. The quantitative estimate of drug-likeness (QED) is 0.408. The van der Waals surface area contributed by atoms with Crippen LogP contribution in [0.5, 0.6) is 0 Å². The molecule has 2 aromatic rings. The van der Waals surface area contributed by atoms with Crippen molar-refractivity contribution >= 4 is 95.1 Å². The Balaban J connectivity index is 2.41. The van der Waals surface area contributed by atoms with Crippen molar-refractivity contribution in [1.29, 1.82) is 0 Å². The first-order chi connectivity index (χ1) is 9.29. The van der Waals surface area contributed by atoms with Crippen molar-refractivity contribution in [3.63, 3.8) is 0 Å². The van der Waals surface area contributed by atoms with Crippen molar-refractivity contribution in [3.05, 3.63) is 40.5 Å². The zero-order valence-corrected chi connectivity index (χ0v) is 17.5. The molecule has 1 heterocycles. The molecule has 5 nitrogen and oxygen atoms in total. The molecule has 0 bridgehead atoms. The first-order valence-electron chi connectivity index (χ1n) is 4.94. The van der Waals surface area contributed by atoms with Gasteiger partial charge in [-0.1, -0.05) is 0 Å². The Morgan fingerprint density at radius 3 is 2.05 bits per heavy atom. The van der Waals surface area contributed by atoms with E-state index in [-0.39, 0.29) is 10.2 Å². The van der Waals surface area contributed by atoms with Crippen molar-refractivity contribution in [2.75, 3.05) is 4.72 Å². The molecule has 2 rings (SSSR count). The van der Waals surface area contributed by atoms with Gasteiger partial charge in [0.25, 0.3) is 10.0 Å². The first-order valence-corrected chi connectivity index (χ1v) is 10.0. The standard InChI is InChI=1S/C10H5ClI3N3O2S/c11-10-15-3-6(4-16-10)20(18,19)17-9-7(13)1-5(12)2-8(9)14/h1-4,17H. The van der Waals surface area contributed by atoms with E-state index in [9.17, 15) is 8.42 Å². The number of hydrogen-bond donors (Lipinski definition) is 1. The number of rotatable bonds is 3. The molecule has 10 heteroatoms. The molecule has 0 amide bonds. The van der Waals surface area contributed by atoms with Crippen LogP contribution in [-0.4, -0.2) is 18.4 Å². The molecule has 0 aliphatic carbocycles. The van der Waals surface area contributed by atoms with E-state index in [1.807, 2.05) is 12.1 Å². The molecule has 0 atom stereocenters. The summed E-state index contributed by atoms with van der Waals surface area (Å²) in [7, 11) is -3.73. The molecule has 0 unspecified atom stereocenters. The third kappa shape index (κ3) is 4.04. The number of anilines is 1. The van der Waals surface area contributed by atoms with Gasteiger partial charge >= 0.3 is 0 Å². The molecule has 0 spiro atoms. The number of nitrogens with zero attached hydrogens (tertiary/aromatic N) is 2. The lowest BCUT2D eigenvalue weighted by atomic mass is 10.3. The van der Waals surface area contributed by atoms with Gasteiger partial charge in [-0.25, -0.2) is 18.4 Å². The number of benzene rings is 1. The Bertz CT molecular complexity index is 730. The number of halogens is 4. The van der Waals surface area contributed by atoms with E-state index < -0.39 is 10.0 Å². The summed E-state index contributed by atoms with van der Waals surface area (Å²) in [4.78, 5) is 7.32. The highest BCUT2D eigenvalue weighted by Gasteiger charge is 2.18. The summed E-state index contributed by atoms with van der Waals surface area (Å²) in [6.45, 7) is 0. The van der Waals surface area contributed by atoms with Gasteiger partial charge in [0.15, 0.2) is 0 Å². The fraction of sp³-hybridized carbons (Fsp3) is 0. The Hall–Kier alpha value is 0.530. The first kappa shape index (κ1) is 16.9. The average Bonchev–Trinajstić information content (AvgIpc) is 2.34. The number of sulfonamides is 1. The molecule has 0 fully saturated rings. The lowest BCUT2D eigenvalue weighted by Gasteiger charge is -2.11. The maximum atomic E-state index is 12.3. The minimum Gasteiger partial charge on any atom is -0.277 e. The van der Waals surface area contributed by atoms with E-state index in [0.717, 1.165) is 10.7 Å². The fourth-order valence-corrected chi connectivity index (χ4v) is 6.58. The van der Waals surface area contributed by atoms with Crippen molar-refractivity contribution in [3.8, 4) is 0 Å². The Morgan fingerprint density at radius 2 is 1.55 bits per heavy atom. The highest BCUT2D eigenvalue weighted by atomic mass is 127. The second-order valence-corrected chi connectivity index (χ2v) is 9.13. The zero-order valence-electron chi connectivity index (χ0n) is 9.44. The molecule has 0 saturated heterocycles. The SMILES string of the molecule is O=S(=O)(Nc1c(I)cc(I)cc1I)c1cnc(Cl)nc1. The Morgan fingerprint density at radius 1 is 1.05 bits per heavy atom. The van der Waals surface area contributed by atoms with Crippen LogP contribution in [0.15, 0.2) is 29.4 Å². The van der Waals surface area contributed by atoms with E-state index in [0.29, 0.717) is 5.69 Å². The molecule has 1 aromatic heterocycles. The van der Waals surface area contributed by atoms with Gasteiger partial charge in [0.2, 0.25) is 5.28 Å². The summed E-state index contributed by atoms with van der Waals surface area (Å²) in [5.74, 6) is 0. The highest BCUT2D eigenvalue weighted by molar-refractivity contribution is 14.1. The maximum absolute atomic E-state index is 12.3. The van der Waals surface area contributed by atoms with Gasteiger partial charge < -0.3 is 0 Å². The number of hydrogen-bond acceptors (Lipinski definition) is 4. The molecular weight excluding hydrogens is 642 g/mol. The summed E-state index contributed by atoms with van der Waals surface area (Å²) in [6, 6.07) is 3.78. The summed E-state index contributed by atoms with van der Waals surface area (Å²) >= 11 is 11.9. The van der Waals surface area contributed by atoms with E-state index in [1.54, 1.807) is 0 Å². The number of nitrogens with one attached hydrogen (secondary N) is 1. The van der Waals surface area contributed by atoms with Crippen molar-refractivity contribution in [2.45, 2.75) is 4.90 Å². The lowest BCUT2D eigenvalue weighted by Crippen LogP contribution is -2.15. The second kappa shape index (κ2) is 6.75. The van der Waals surface area contributed by atoms with Gasteiger partial charge in [-0.15, -0.1) is 0 Å². The van der Waals surface area contributed by atoms with Gasteiger partial charge in [-0.05, 0) is 91.5 Å². The van der Waals surface area contributed by atoms with Crippen molar-refractivity contribution in [1.82, 2.24) is 9.97 Å². The van der Waals surface area contributed by atoms with Crippen LogP contribution in [-0.2, 0) is 10.0 Å². The zero-order chi connectivity index (χ0) is 14.9. The van der Waals surface area contributed by atoms with E-state index in [2.05, 4.69) is 82.5 Å². The summed E-state index contributed by atoms with van der Waals surface area (Å²) in [5, 5.41) is 0.00220. The van der Waals surface area contributed by atoms with Crippen LogP contribution in [0, 0.1) is 10.7 Å². The van der Waals surface area contributed by atoms with Gasteiger partial charge in [-0.2, -0.15) is 0 Å². The van der Waals surface area contributed by atoms with Gasteiger partial charge in [0.1, 0.15) is 4.90 Å². The van der Waals surface area contributed by atoms with Gasteiger partial charge in [0.05, 0.1) is 18.1 Å². The maximum Gasteiger partial charge on any atom is 0.265 e. The van der Waals surface area contributed by atoms with Gasteiger partial charge in [-0.3, -0.25) is 4.72 Å². The summed E-state index contributed by atoms with van der Waals surface area (Å²) in [5.41, 5.74) is 0.543. The van der Waals surface area contributed by atoms with E-state index in [1.165, 1.54) is 12.4 Å². The Kier molecular flexibility index (Phi) is 5.70. The molecule has 0 radical (unpaired) electrons. The largest absolute Gasteiger partial charge is 0.277 e. The van der Waals surface area contributed by atoms with Gasteiger partial charge in [0, 0.05) is 10.7 Å². The van der Waals surface area contributed by atoms with Crippen LogP contribution in [0.4, 0.5) is 5.69 Å². The molecule has 20 heavy (non-hydrogen) atoms. The van der Waals surface area contributed by atoms with Crippen LogP contribution < -0.4 is 4.72 Å². The molecule has 1 N–H and O–H groups in total. The predicted molar refractivity (Wildman–Crippen MR) is 102 cm³/mol. The second-order valence-electron chi connectivity index (χ2n) is 3.54. The minimum absolute atomic E-state index is 0.00220. The predicted octanol–water partition coefficient (Wildman–Crippen LogP) is 3.74. The molecule has 0 aliphatic rings. The molecule has 1 aromatic carbocycles. The molecular formula is C10H5ClI3N3O2S. The van der Waals surface area contributed by atoms with Crippen LogP contribution >= 0.6 is 79.4 Å². The fourth-order valence-electron chi connectivity index (χ4n) is 1.27. The smallest absolute Gasteiger partial charge is 0.265 e. The summed E-state index contributed by atoms with van der Waals surface area (Å²) < 4.78 is 29.7. The third-order valence-electron chi connectivity index (χ3n) is 2.15. The highest BCUT2D eigenvalue weighted by Crippen LogP contribution is 2.29. The Labute approximate surface area is 161 Å². The van der Waals surface area contributed by atoms with E-state index >= 15 is 0 Å². The topological polar surface area (TPSA) is 72.0 Å². The minimum atomic E-state index is -3.73. The molecule has 0 saturated carbocycles.